The maximum absolute atomic E-state index is 12.6. The maximum atomic E-state index is 12.6. The Morgan fingerprint density at radius 3 is 2.76 bits per heavy atom. The van der Waals surface area contributed by atoms with Crippen molar-refractivity contribution in [3.63, 3.8) is 0 Å². The topological polar surface area (TPSA) is 76.1 Å². The van der Waals surface area contributed by atoms with E-state index in [1.54, 1.807) is 18.5 Å². The summed E-state index contributed by atoms with van der Waals surface area (Å²) in [6, 6.07) is 21.7. The van der Waals surface area contributed by atoms with Crippen molar-refractivity contribution in [2.24, 2.45) is 0 Å². The van der Waals surface area contributed by atoms with E-state index in [0.29, 0.717) is 5.69 Å². The third-order valence-electron chi connectivity index (χ3n) is 5.82. The van der Waals surface area contributed by atoms with E-state index in [2.05, 4.69) is 21.7 Å². The van der Waals surface area contributed by atoms with Gasteiger partial charge in [0, 0.05) is 17.1 Å². The number of hydrogen-bond acceptors (Lipinski definition) is 5. The van der Waals surface area contributed by atoms with Crippen LogP contribution in [0.2, 0.25) is 0 Å². The van der Waals surface area contributed by atoms with Crippen LogP contribution >= 0.6 is 0 Å². The van der Waals surface area contributed by atoms with Crippen LogP contribution in [-0.2, 0) is 11.2 Å². The third kappa shape index (κ3) is 5.18. The van der Waals surface area contributed by atoms with Crippen molar-refractivity contribution < 1.29 is 9.53 Å². The van der Waals surface area contributed by atoms with Gasteiger partial charge in [-0.05, 0) is 61.8 Å². The number of aromatic nitrogens is 2. The van der Waals surface area contributed by atoms with Gasteiger partial charge in [-0.25, -0.2) is 4.98 Å². The summed E-state index contributed by atoms with van der Waals surface area (Å²) in [5.74, 6) is 0.769. The predicted molar refractivity (Wildman–Crippen MR) is 130 cm³/mol. The summed E-state index contributed by atoms with van der Waals surface area (Å²) in [6.45, 7) is 1.99. The van der Waals surface area contributed by atoms with E-state index < -0.39 is 0 Å². The number of rotatable bonds is 6. The number of anilines is 1. The van der Waals surface area contributed by atoms with Crippen LogP contribution in [0.4, 0.5) is 5.69 Å². The van der Waals surface area contributed by atoms with E-state index >= 15 is 0 Å². The van der Waals surface area contributed by atoms with Gasteiger partial charge in [0.2, 0.25) is 5.91 Å². The minimum absolute atomic E-state index is 0.0972. The first-order valence-corrected chi connectivity index (χ1v) is 11.3. The first-order valence-electron chi connectivity index (χ1n) is 11.3. The van der Waals surface area contributed by atoms with Crippen molar-refractivity contribution in [1.29, 1.82) is 0 Å². The van der Waals surface area contributed by atoms with Crippen LogP contribution in [0.1, 0.15) is 18.4 Å². The molecule has 2 aromatic carbocycles. The zero-order chi connectivity index (χ0) is 22.5. The van der Waals surface area contributed by atoms with Gasteiger partial charge in [0.15, 0.2) is 0 Å². The van der Waals surface area contributed by atoms with Crippen molar-refractivity contribution in [3.8, 4) is 17.0 Å². The van der Waals surface area contributed by atoms with Crippen molar-refractivity contribution >= 4 is 22.5 Å². The first-order chi connectivity index (χ1) is 16.2. The molecule has 4 aromatic rings. The first kappa shape index (κ1) is 21.1. The summed E-state index contributed by atoms with van der Waals surface area (Å²) >= 11 is 0. The quantitative estimate of drug-likeness (QED) is 0.460. The molecule has 0 unspecified atom stereocenters. The second kappa shape index (κ2) is 9.79. The molecule has 1 saturated heterocycles. The van der Waals surface area contributed by atoms with Gasteiger partial charge in [0.25, 0.3) is 0 Å². The van der Waals surface area contributed by atoms with E-state index in [9.17, 15) is 4.79 Å². The number of benzene rings is 2. The highest BCUT2D eigenvalue weighted by molar-refractivity contribution is 5.95. The molecule has 2 aromatic heterocycles. The van der Waals surface area contributed by atoms with Crippen LogP contribution < -0.4 is 15.4 Å². The van der Waals surface area contributed by atoms with Gasteiger partial charge >= 0.3 is 0 Å². The summed E-state index contributed by atoms with van der Waals surface area (Å²) in [6.07, 6.45) is 5.83. The van der Waals surface area contributed by atoms with Gasteiger partial charge in [0.1, 0.15) is 11.9 Å². The lowest BCUT2D eigenvalue weighted by atomic mass is 10.0. The number of hydrogen-bond donors (Lipinski definition) is 2. The average molecular weight is 439 g/mol. The third-order valence-corrected chi connectivity index (χ3v) is 5.82. The summed E-state index contributed by atoms with van der Waals surface area (Å²) in [7, 11) is 0. The molecule has 2 N–H and O–H groups in total. The van der Waals surface area contributed by atoms with E-state index in [1.165, 1.54) is 0 Å². The largest absolute Gasteiger partial charge is 0.490 e. The van der Waals surface area contributed by atoms with Crippen molar-refractivity contribution in [3.05, 3.63) is 84.7 Å². The molecule has 5 rings (SSSR count). The number of carbonyl (C=O) groups excluding carboxylic acids is 1. The Balaban J connectivity index is 1.39. The molecule has 1 aliphatic heterocycles. The second-order valence-corrected chi connectivity index (χ2v) is 8.25. The minimum Gasteiger partial charge on any atom is -0.490 e. The van der Waals surface area contributed by atoms with Gasteiger partial charge in [-0.1, -0.05) is 36.4 Å². The molecule has 6 nitrogen and oxygen atoms in total. The summed E-state index contributed by atoms with van der Waals surface area (Å²) in [5, 5.41) is 7.27. The molecular formula is C27H26N4O2. The number of para-hydroxylation sites is 1. The van der Waals surface area contributed by atoms with Crippen molar-refractivity contribution in [2.75, 3.05) is 18.4 Å². The Morgan fingerprint density at radius 2 is 1.91 bits per heavy atom. The van der Waals surface area contributed by atoms with E-state index in [-0.39, 0.29) is 18.4 Å². The number of pyridine rings is 2. The molecule has 0 atom stereocenters. The van der Waals surface area contributed by atoms with Gasteiger partial charge in [-0.15, -0.1) is 0 Å². The lowest BCUT2D eigenvalue weighted by molar-refractivity contribution is -0.115. The number of nitrogens with one attached hydrogen (secondary N) is 2. The van der Waals surface area contributed by atoms with Gasteiger partial charge in [-0.3, -0.25) is 9.78 Å². The summed E-state index contributed by atoms with van der Waals surface area (Å²) in [5.41, 5.74) is 4.26. The maximum Gasteiger partial charge on any atom is 0.228 e. The zero-order valence-electron chi connectivity index (χ0n) is 18.3. The number of fused-ring (bicyclic) bond motifs is 1. The lowest BCUT2D eigenvalue weighted by Gasteiger charge is -2.24. The van der Waals surface area contributed by atoms with Gasteiger partial charge in [-0.2, -0.15) is 0 Å². The molecule has 0 aliphatic carbocycles. The van der Waals surface area contributed by atoms with Crippen LogP contribution in [0.25, 0.3) is 22.2 Å². The van der Waals surface area contributed by atoms with Crippen molar-refractivity contribution in [2.45, 2.75) is 25.4 Å². The SMILES string of the molecule is O=C(Cc1cccc2ccc(-c3cccc(OC4CCNCC4)c3)nc12)Nc1cccnc1. The highest BCUT2D eigenvalue weighted by atomic mass is 16.5. The number of piperidine rings is 1. The minimum atomic E-state index is -0.0972. The Hall–Kier alpha value is -3.77. The van der Waals surface area contributed by atoms with E-state index in [4.69, 9.17) is 9.72 Å². The average Bonchev–Trinajstić information content (AvgIpc) is 2.85. The number of amides is 1. The van der Waals surface area contributed by atoms with Gasteiger partial charge < -0.3 is 15.4 Å². The zero-order valence-corrected chi connectivity index (χ0v) is 18.3. The highest BCUT2D eigenvalue weighted by Crippen LogP contribution is 2.27. The molecule has 1 amide bonds. The molecule has 166 valence electrons. The molecule has 1 aliphatic rings. The standard InChI is InChI=1S/C27H26N4O2/c32-26(30-22-7-3-13-29-18-22)17-21-6-1-4-19-9-10-25(31-27(19)21)20-5-2-8-24(16-20)33-23-11-14-28-15-12-23/h1-10,13,16,18,23,28H,11-12,14-15,17H2,(H,30,32). The van der Waals surface area contributed by atoms with Crippen LogP contribution in [-0.4, -0.2) is 35.1 Å². The predicted octanol–water partition coefficient (Wildman–Crippen LogP) is 4.61. The highest BCUT2D eigenvalue weighted by Gasteiger charge is 2.15. The second-order valence-electron chi connectivity index (χ2n) is 8.25. The lowest BCUT2D eigenvalue weighted by Crippen LogP contribution is -2.34. The van der Waals surface area contributed by atoms with E-state index in [0.717, 1.165) is 59.4 Å². The molecule has 3 heterocycles. The fourth-order valence-electron chi connectivity index (χ4n) is 4.16. The van der Waals surface area contributed by atoms with Crippen LogP contribution in [0.3, 0.4) is 0 Å². The number of nitrogens with zero attached hydrogens (tertiary/aromatic N) is 2. The molecule has 0 saturated carbocycles. The molecule has 0 bridgehead atoms. The Morgan fingerprint density at radius 1 is 1.03 bits per heavy atom. The molecule has 0 spiro atoms. The normalized spacial score (nSPS) is 14.2. The van der Waals surface area contributed by atoms with Crippen LogP contribution in [0, 0.1) is 0 Å². The Bertz CT molecular complexity index is 1250. The van der Waals surface area contributed by atoms with Crippen LogP contribution in [0.15, 0.2) is 79.1 Å². The number of ether oxygens (including phenoxy) is 1. The fourth-order valence-corrected chi connectivity index (χ4v) is 4.16. The Kier molecular flexibility index (Phi) is 6.26. The Labute approximate surface area is 193 Å². The smallest absolute Gasteiger partial charge is 0.228 e. The van der Waals surface area contributed by atoms with Crippen molar-refractivity contribution in [1.82, 2.24) is 15.3 Å². The van der Waals surface area contributed by atoms with Gasteiger partial charge in [0.05, 0.1) is 29.5 Å². The molecule has 33 heavy (non-hydrogen) atoms. The molecule has 1 fully saturated rings. The molecular weight excluding hydrogens is 412 g/mol. The monoisotopic (exact) mass is 438 g/mol. The summed E-state index contributed by atoms with van der Waals surface area (Å²) < 4.78 is 6.21. The molecule has 0 radical (unpaired) electrons. The molecule has 6 heteroatoms. The number of carbonyl (C=O) groups is 1. The fraction of sp³-hybridized carbons (Fsp3) is 0.222. The van der Waals surface area contributed by atoms with E-state index in [1.807, 2.05) is 54.6 Å². The summed E-state index contributed by atoms with van der Waals surface area (Å²) in [4.78, 5) is 21.6. The van der Waals surface area contributed by atoms with Crippen LogP contribution in [0.5, 0.6) is 5.75 Å².